The van der Waals surface area contributed by atoms with Gasteiger partial charge in [0.2, 0.25) is 0 Å². The lowest BCUT2D eigenvalue weighted by atomic mass is 9.91. The number of pyridine rings is 1. The number of fused-ring (bicyclic) bond motifs is 1. The third-order valence-corrected chi connectivity index (χ3v) is 7.43. The number of halogens is 2. The van der Waals surface area contributed by atoms with Gasteiger partial charge in [0.05, 0.1) is 30.0 Å². The van der Waals surface area contributed by atoms with Crippen molar-refractivity contribution >= 4 is 22.6 Å². The van der Waals surface area contributed by atoms with Gasteiger partial charge in [0.15, 0.2) is 0 Å². The highest BCUT2D eigenvalue weighted by Crippen LogP contribution is 2.41. The van der Waals surface area contributed by atoms with Gasteiger partial charge in [0, 0.05) is 46.6 Å². The number of aryl methyl sites for hydroxylation is 1. The van der Waals surface area contributed by atoms with Crippen molar-refractivity contribution in [3.63, 3.8) is 0 Å². The average molecular weight is 483 g/mol. The summed E-state index contributed by atoms with van der Waals surface area (Å²) in [6.45, 7) is 3.99. The van der Waals surface area contributed by atoms with Crippen LogP contribution < -0.4 is 4.74 Å². The van der Waals surface area contributed by atoms with Crippen LogP contribution in [0.25, 0.3) is 22.2 Å². The van der Waals surface area contributed by atoms with Gasteiger partial charge in [-0.25, -0.2) is 9.37 Å². The first-order valence-electron chi connectivity index (χ1n) is 11.6. The standard InChI is InChI=1S/C26H28ClFN4O2/c1-14(24-23(34-3)9-8-22(28)25(24)27)20-12-30-26-19(20)10-16(11-29-26)21-13-32(31-15(21)2)17-4-6-18(33)7-5-17/h8-14,17-18,33H,4-7H2,1-3H3,(H,29,30)/t14-,17?,18?/m0/s1. The van der Waals surface area contributed by atoms with Gasteiger partial charge in [-0.3, -0.25) is 4.68 Å². The minimum absolute atomic E-state index is 0.0695. The number of rotatable bonds is 5. The quantitative estimate of drug-likeness (QED) is 0.357. The number of hydrogen-bond donors (Lipinski definition) is 2. The molecule has 0 unspecified atom stereocenters. The van der Waals surface area contributed by atoms with Crippen LogP contribution in [0.4, 0.5) is 4.39 Å². The maximum absolute atomic E-state index is 14.3. The Bertz CT molecular complexity index is 1340. The monoisotopic (exact) mass is 482 g/mol. The molecule has 1 aromatic carbocycles. The first-order valence-corrected chi connectivity index (χ1v) is 12.0. The second-order valence-electron chi connectivity index (χ2n) is 9.13. The summed E-state index contributed by atoms with van der Waals surface area (Å²) >= 11 is 6.37. The van der Waals surface area contributed by atoms with Crippen molar-refractivity contribution in [3.8, 4) is 16.9 Å². The van der Waals surface area contributed by atoms with Gasteiger partial charge in [0.1, 0.15) is 17.2 Å². The number of aromatic amines is 1. The van der Waals surface area contributed by atoms with E-state index < -0.39 is 5.82 Å². The lowest BCUT2D eigenvalue weighted by molar-refractivity contribution is 0.108. The SMILES string of the molecule is COc1ccc(F)c(Cl)c1[C@@H](C)c1c[nH]c2ncc(-c3cn(C4CCC(O)CC4)nc3C)cc12. The highest BCUT2D eigenvalue weighted by atomic mass is 35.5. The molecule has 6 nitrogen and oxygen atoms in total. The van der Waals surface area contributed by atoms with Gasteiger partial charge in [-0.1, -0.05) is 18.5 Å². The van der Waals surface area contributed by atoms with Crippen molar-refractivity contribution < 1.29 is 14.2 Å². The Morgan fingerprint density at radius 2 is 2.03 bits per heavy atom. The van der Waals surface area contributed by atoms with E-state index in [1.165, 1.54) is 6.07 Å². The molecular formula is C26H28ClFN4O2. The first-order chi connectivity index (χ1) is 16.4. The topological polar surface area (TPSA) is 76.0 Å². The number of aliphatic hydroxyl groups excluding tert-OH is 1. The Labute approximate surface area is 202 Å². The second kappa shape index (κ2) is 9.04. The molecule has 1 aliphatic rings. The van der Waals surface area contributed by atoms with E-state index in [4.69, 9.17) is 21.4 Å². The molecule has 8 heteroatoms. The molecule has 0 bridgehead atoms. The molecule has 1 aliphatic carbocycles. The van der Waals surface area contributed by atoms with Crippen molar-refractivity contribution in [2.75, 3.05) is 7.11 Å². The third kappa shape index (κ3) is 3.97. The van der Waals surface area contributed by atoms with E-state index >= 15 is 0 Å². The number of nitrogens with zero attached hydrogens (tertiary/aromatic N) is 3. The molecule has 5 rings (SSSR count). The van der Waals surface area contributed by atoms with Crippen molar-refractivity contribution in [3.05, 3.63) is 64.5 Å². The molecular weight excluding hydrogens is 455 g/mol. The highest BCUT2D eigenvalue weighted by Gasteiger charge is 2.25. The summed E-state index contributed by atoms with van der Waals surface area (Å²) in [6.07, 6.45) is 9.11. The molecule has 0 spiro atoms. The van der Waals surface area contributed by atoms with E-state index in [1.54, 1.807) is 13.2 Å². The number of aliphatic hydroxyl groups is 1. The molecule has 178 valence electrons. The fourth-order valence-electron chi connectivity index (χ4n) is 5.09. The van der Waals surface area contributed by atoms with Crippen molar-refractivity contribution in [1.29, 1.82) is 0 Å². The Hall–Kier alpha value is -2.90. The van der Waals surface area contributed by atoms with Crippen LogP contribution in [0, 0.1) is 12.7 Å². The molecule has 0 radical (unpaired) electrons. The van der Waals surface area contributed by atoms with Crippen LogP contribution in [0.15, 0.2) is 36.8 Å². The molecule has 1 saturated carbocycles. The fourth-order valence-corrected chi connectivity index (χ4v) is 5.41. The van der Waals surface area contributed by atoms with E-state index in [0.717, 1.165) is 59.1 Å². The van der Waals surface area contributed by atoms with E-state index in [0.29, 0.717) is 17.4 Å². The molecule has 0 amide bonds. The van der Waals surface area contributed by atoms with E-state index in [9.17, 15) is 9.50 Å². The molecule has 4 aromatic rings. The molecule has 34 heavy (non-hydrogen) atoms. The lowest BCUT2D eigenvalue weighted by Gasteiger charge is -2.25. The van der Waals surface area contributed by atoms with Crippen LogP contribution in [-0.2, 0) is 0 Å². The van der Waals surface area contributed by atoms with Crippen LogP contribution in [0.3, 0.4) is 0 Å². The van der Waals surface area contributed by atoms with Crippen molar-refractivity contribution in [1.82, 2.24) is 19.7 Å². The number of aromatic nitrogens is 4. The maximum atomic E-state index is 14.3. The van der Waals surface area contributed by atoms with Crippen molar-refractivity contribution in [2.24, 2.45) is 0 Å². The molecule has 3 heterocycles. The minimum atomic E-state index is -0.471. The number of H-pyrrole nitrogens is 1. The average Bonchev–Trinajstić information content (AvgIpc) is 3.44. The van der Waals surface area contributed by atoms with Crippen molar-refractivity contribution in [2.45, 2.75) is 57.6 Å². The zero-order chi connectivity index (χ0) is 24.0. The fraction of sp³-hybridized carbons (Fsp3) is 0.385. The molecule has 1 fully saturated rings. The van der Waals surface area contributed by atoms with E-state index in [-0.39, 0.29) is 17.0 Å². The maximum Gasteiger partial charge on any atom is 0.142 e. The van der Waals surface area contributed by atoms with Crippen LogP contribution in [0.5, 0.6) is 5.75 Å². The number of ether oxygens (including phenoxy) is 1. The zero-order valence-electron chi connectivity index (χ0n) is 19.5. The number of benzene rings is 1. The van der Waals surface area contributed by atoms with Crippen LogP contribution in [0.2, 0.25) is 5.02 Å². The van der Waals surface area contributed by atoms with Crippen LogP contribution in [0.1, 0.15) is 61.4 Å². The van der Waals surface area contributed by atoms with Gasteiger partial charge in [-0.2, -0.15) is 5.10 Å². The Balaban J connectivity index is 1.53. The largest absolute Gasteiger partial charge is 0.496 e. The predicted molar refractivity (Wildman–Crippen MR) is 131 cm³/mol. The van der Waals surface area contributed by atoms with E-state index in [2.05, 4.69) is 22.2 Å². The van der Waals surface area contributed by atoms with Gasteiger partial charge in [-0.15, -0.1) is 0 Å². The van der Waals surface area contributed by atoms with Gasteiger partial charge in [0.25, 0.3) is 0 Å². The summed E-state index contributed by atoms with van der Waals surface area (Å²) in [5.74, 6) is -0.144. The van der Waals surface area contributed by atoms with Gasteiger partial charge in [-0.05, 0) is 56.4 Å². The molecule has 0 aliphatic heterocycles. The van der Waals surface area contributed by atoms with Gasteiger partial charge < -0.3 is 14.8 Å². The number of nitrogens with one attached hydrogen (secondary N) is 1. The second-order valence-corrected chi connectivity index (χ2v) is 9.51. The zero-order valence-corrected chi connectivity index (χ0v) is 20.2. The summed E-state index contributed by atoms with van der Waals surface area (Å²) < 4.78 is 21.8. The molecule has 0 saturated heterocycles. The summed E-state index contributed by atoms with van der Waals surface area (Å²) in [7, 11) is 1.56. The first kappa shape index (κ1) is 22.9. The highest BCUT2D eigenvalue weighted by molar-refractivity contribution is 6.31. The Kier molecular flexibility index (Phi) is 6.08. The third-order valence-electron chi connectivity index (χ3n) is 7.04. The Morgan fingerprint density at radius 1 is 1.26 bits per heavy atom. The molecule has 2 N–H and O–H groups in total. The normalized spacial score (nSPS) is 19.5. The van der Waals surface area contributed by atoms with Crippen LogP contribution in [-0.4, -0.2) is 38.1 Å². The van der Waals surface area contributed by atoms with Crippen LogP contribution >= 0.6 is 11.6 Å². The van der Waals surface area contributed by atoms with E-state index in [1.807, 2.05) is 30.9 Å². The smallest absolute Gasteiger partial charge is 0.142 e. The summed E-state index contributed by atoms with van der Waals surface area (Å²) in [5.41, 5.74) is 5.26. The summed E-state index contributed by atoms with van der Waals surface area (Å²) in [5, 5.41) is 15.6. The van der Waals surface area contributed by atoms with Gasteiger partial charge >= 0.3 is 0 Å². The summed E-state index contributed by atoms with van der Waals surface area (Å²) in [6, 6.07) is 5.33. The number of methoxy groups -OCH3 is 1. The minimum Gasteiger partial charge on any atom is -0.496 e. The predicted octanol–water partition coefficient (Wildman–Crippen LogP) is 6.16. The number of hydrogen-bond acceptors (Lipinski definition) is 4. The lowest BCUT2D eigenvalue weighted by Crippen LogP contribution is -2.21. The molecule has 3 aromatic heterocycles. The molecule has 1 atom stereocenters. The Morgan fingerprint density at radius 3 is 2.76 bits per heavy atom. The summed E-state index contributed by atoms with van der Waals surface area (Å²) in [4.78, 5) is 7.88.